The van der Waals surface area contributed by atoms with Crippen molar-refractivity contribution in [2.75, 3.05) is 0 Å². The molecule has 0 aromatic rings. The van der Waals surface area contributed by atoms with Crippen LogP contribution < -0.4 is 0 Å². The van der Waals surface area contributed by atoms with Crippen LogP contribution in [0.1, 0.15) is 52.9 Å². The molecule has 0 bridgehead atoms. The van der Waals surface area contributed by atoms with E-state index in [-0.39, 0.29) is 5.78 Å². The molecule has 0 aliphatic carbocycles. The van der Waals surface area contributed by atoms with Gasteiger partial charge in [0.1, 0.15) is 5.78 Å². The first kappa shape index (κ1) is 15.5. The van der Waals surface area contributed by atoms with Crippen LogP contribution in [-0.2, 0) is 9.59 Å². The van der Waals surface area contributed by atoms with Crippen LogP contribution in [0.2, 0.25) is 0 Å². The normalized spacial score (nSPS) is 16.5. The van der Waals surface area contributed by atoms with Crippen LogP contribution in [-0.4, -0.2) is 21.6 Å². The summed E-state index contributed by atoms with van der Waals surface area (Å²) < 4.78 is -1.06. The van der Waals surface area contributed by atoms with E-state index in [9.17, 15) is 9.59 Å². The van der Waals surface area contributed by atoms with Crippen LogP contribution in [0.5, 0.6) is 0 Å². The number of carboxylic acids is 1. The Hall–Kier alpha value is -0.510. The van der Waals surface area contributed by atoms with Gasteiger partial charge in [0.15, 0.2) is 0 Å². The molecule has 0 aliphatic rings. The molecule has 2 unspecified atom stereocenters. The quantitative estimate of drug-likeness (QED) is 0.511. The number of carbonyl (C=O) groups excluding carboxylic acids is 1. The lowest BCUT2D eigenvalue weighted by atomic mass is 9.85. The second-order valence-electron chi connectivity index (χ2n) is 4.44. The number of rotatable bonds is 8. The van der Waals surface area contributed by atoms with Gasteiger partial charge in [-0.05, 0) is 20.3 Å². The third-order valence-corrected chi connectivity index (χ3v) is 3.66. The van der Waals surface area contributed by atoms with Crippen molar-refractivity contribution >= 4 is 24.4 Å². The van der Waals surface area contributed by atoms with Crippen molar-refractivity contribution in [3.05, 3.63) is 0 Å². The maximum atomic E-state index is 11.4. The summed E-state index contributed by atoms with van der Waals surface area (Å²) in [6, 6.07) is 0. The average molecular weight is 246 g/mol. The number of carboxylic acid groups (broad SMARTS) is 1. The zero-order valence-electron chi connectivity index (χ0n) is 10.3. The fourth-order valence-electron chi connectivity index (χ4n) is 1.67. The van der Waals surface area contributed by atoms with Gasteiger partial charge in [-0.15, -0.1) is 0 Å². The lowest BCUT2D eigenvalue weighted by Crippen LogP contribution is -2.40. The molecule has 0 amide bonds. The molecule has 0 aromatic carbocycles. The highest BCUT2D eigenvalue weighted by Crippen LogP contribution is 2.30. The molecule has 2 atom stereocenters. The second kappa shape index (κ2) is 6.94. The maximum Gasteiger partial charge on any atom is 0.308 e. The molecule has 0 rings (SSSR count). The number of hydrogen-bond acceptors (Lipinski definition) is 3. The number of ketones is 1. The van der Waals surface area contributed by atoms with E-state index < -0.39 is 16.6 Å². The molecule has 3 nitrogen and oxygen atoms in total. The third kappa shape index (κ3) is 4.56. The van der Waals surface area contributed by atoms with Gasteiger partial charge in [-0.3, -0.25) is 9.59 Å². The summed E-state index contributed by atoms with van der Waals surface area (Å²) in [5, 5.41) is 9.11. The summed E-state index contributed by atoms with van der Waals surface area (Å²) in [5.41, 5.74) is 0. The van der Waals surface area contributed by atoms with Gasteiger partial charge in [0.2, 0.25) is 0 Å². The van der Waals surface area contributed by atoms with Gasteiger partial charge in [-0.2, -0.15) is 12.6 Å². The number of unbranched alkanes of at least 4 members (excludes halogenated alkanes) is 3. The minimum Gasteiger partial charge on any atom is -0.481 e. The van der Waals surface area contributed by atoms with Crippen LogP contribution in [0, 0.1) is 5.92 Å². The van der Waals surface area contributed by atoms with Gasteiger partial charge < -0.3 is 5.11 Å². The van der Waals surface area contributed by atoms with Crippen LogP contribution in [0.25, 0.3) is 0 Å². The Bertz CT molecular complexity index is 249. The fraction of sp³-hybridized carbons (Fsp3) is 0.833. The van der Waals surface area contributed by atoms with E-state index in [0.717, 1.165) is 25.7 Å². The van der Waals surface area contributed by atoms with Crippen molar-refractivity contribution in [2.24, 2.45) is 5.92 Å². The monoisotopic (exact) mass is 246 g/mol. The van der Waals surface area contributed by atoms with Crippen LogP contribution in [0.4, 0.5) is 0 Å². The molecule has 0 saturated heterocycles. The predicted octanol–water partition coefficient (Wildman–Crippen LogP) is 2.94. The average Bonchev–Trinajstić information content (AvgIpc) is 2.16. The predicted molar refractivity (Wildman–Crippen MR) is 68.0 cm³/mol. The number of Topliss-reactive ketones (excluding diaryl/α,β-unsaturated/α-hetero) is 1. The highest BCUT2D eigenvalue weighted by atomic mass is 32.1. The van der Waals surface area contributed by atoms with E-state index in [1.165, 1.54) is 6.92 Å². The first-order valence-corrected chi connectivity index (χ1v) is 6.25. The molecule has 0 heterocycles. The van der Waals surface area contributed by atoms with Crippen molar-refractivity contribution in [3.63, 3.8) is 0 Å². The van der Waals surface area contributed by atoms with E-state index in [0.29, 0.717) is 6.42 Å². The van der Waals surface area contributed by atoms with E-state index in [1.807, 2.05) is 0 Å². The Balaban J connectivity index is 4.39. The van der Waals surface area contributed by atoms with E-state index >= 15 is 0 Å². The van der Waals surface area contributed by atoms with Gasteiger partial charge in [0, 0.05) is 0 Å². The number of carbonyl (C=O) groups is 2. The van der Waals surface area contributed by atoms with Crippen LogP contribution >= 0.6 is 12.6 Å². The summed E-state index contributed by atoms with van der Waals surface area (Å²) in [5.74, 6) is -1.80. The Kier molecular flexibility index (Phi) is 6.72. The molecule has 0 saturated carbocycles. The summed E-state index contributed by atoms with van der Waals surface area (Å²) in [7, 11) is 0. The molecule has 4 heteroatoms. The molecule has 94 valence electrons. The van der Waals surface area contributed by atoms with E-state index in [1.54, 1.807) is 6.92 Å². The van der Waals surface area contributed by atoms with Crippen molar-refractivity contribution in [1.29, 1.82) is 0 Å². The topological polar surface area (TPSA) is 54.4 Å². The molecule has 0 aromatic heterocycles. The standard InChI is InChI=1S/C12H22O3S/c1-4-5-6-7-8-10(11(14)15)12(3,16)9(2)13/h10,16H,4-8H2,1-3H3,(H,14,15). The third-order valence-electron chi connectivity index (χ3n) is 3.04. The van der Waals surface area contributed by atoms with Crippen molar-refractivity contribution < 1.29 is 14.7 Å². The van der Waals surface area contributed by atoms with E-state index in [2.05, 4.69) is 19.6 Å². The zero-order valence-corrected chi connectivity index (χ0v) is 11.2. The van der Waals surface area contributed by atoms with Crippen molar-refractivity contribution in [1.82, 2.24) is 0 Å². The van der Waals surface area contributed by atoms with Crippen molar-refractivity contribution in [2.45, 2.75) is 57.6 Å². The fourth-order valence-corrected chi connectivity index (χ4v) is 1.91. The SMILES string of the molecule is CCCCCCC(C(=O)O)C(C)(S)C(C)=O. The molecule has 0 aliphatic heterocycles. The Morgan fingerprint density at radius 1 is 1.31 bits per heavy atom. The summed E-state index contributed by atoms with van der Waals surface area (Å²) in [4.78, 5) is 22.5. The second-order valence-corrected chi connectivity index (χ2v) is 5.37. The van der Waals surface area contributed by atoms with Gasteiger partial charge in [-0.25, -0.2) is 0 Å². The first-order chi connectivity index (χ1) is 7.34. The van der Waals surface area contributed by atoms with Gasteiger partial charge >= 0.3 is 5.97 Å². The zero-order chi connectivity index (χ0) is 12.8. The lowest BCUT2D eigenvalue weighted by Gasteiger charge is -2.27. The van der Waals surface area contributed by atoms with E-state index in [4.69, 9.17) is 5.11 Å². The minimum atomic E-state index is -1.06. The molecule has 0 spiro atoms. The Morgan fingerprint density at radius 3 is 2.25 bits per heavy atom. The molecule has 1 N–H and O–H groups in total. The summed E-state index contributed by atoms with van der Waals surface area (Å²) in [6.07, 6.45) is 4.60. The Morgan fingerprint density at radius 2 is 1.88 bits per heavy atom. The number of hydrogen-bond donors (Lipinski definition) is 2. The molecular formula is C12H22O3S. The smallest absolute Gasteiger partial charge is 0.308 e. The maximum absolute atomic E-state index is 11.4. The molecule has 0 fully saturated rings. The highest BCUT2D eigenvalue weighted by molar-refractivity contribution is 7.82. The van der Waals surface area contributed by atoms with Crippen LogP contribution in [0.3, 0.4) is 0 Å². The largest absolute Gasteiger partial charge is 0.481 e. The minimum absolute atomic E-state index is 0.182. The Labute approximate surface area is 103 Å². The van der Waals surface area contributed by atoms with Gasteiger partial charge in [0.05, 0.1) is 10.7 Å². The molecular weight excluding hydrogens is 224 g/mol. The van der Waals surface area contributed by atoms with Crippen molar-refractivity contribution in [3.8, 4) is 0 Å². The first-order valence-electron chi connectivity index (χ1n) is 5.80. The summed E-state index contributed by atoms with van der Waals surface area (Å²) in [6.45, 7) is 5.10. The highest BCUT2D eigenvalue weighted by Gasteiger charge is 2.39. The van der Waals surface area contributed by atoms with Crippen LogP contribution in [0.15, 0.2) is 0 Å². The van der Waals surface area contributed by atoms with Gasteiger partial charge in [0.25, 0.3) is 0 Å². The molecule has 0 radical (unpaired) electrons. The number of aliphatic carboxylic acids is 1. The summed E-state index contributed by atoms with van der Waals surface area (Å²) >= 11 is 4.21. The lowest BCUT2D eigenvalue weighted by molar-refractivity contribution is -0.145. The molecule has 16 heavy (non-hydrogen) atoms. The van der Waals surface area contributed by atoms with Gasteiger partial charge in [-0.1, -0.05) is 32.6 Å². The number of thiol groups is 1.